The summed E-state index contributed by atoms with van der Waals surface area (Å²) in [6.07, 6.45) is 0.179. The van der Waals surface area contributed by atoms with E-state index in [0.29, 0.717) is 5.69 Å². The number of nitrogens with zero attached hydrogens (tertiary/aromatic N) is 1. The van der Waals surface area contributed by atoms with E-state index < -0.39 is 11.8 Å². The minimum atomic E-state index is -0.731. The van der Waals surface area contributed by atoms with Gasteiger partial charge in [-0.05, 0) is 12.1 Å². The van der Waals surface area contributed by atoms with Gasteiger partial charge < -0.3 is 0 Å². The van der Waals surface area contributed by atoms with Gasteiger partial charge >= 0.3 is 6.03 Å². The number of benzene rings is 1. The van der Waals surface area contributed by atoms with Crippen LogP contribution in [0, 0.1) is 5.82 Å². The highest BCUT2D eigenvalue weighted by Gasteiger charge is 2.25. The summed E-state index contributed by atoms with van der Waals surface area (Å²) in [6.45, 7) is 0.211. The molecule has 1 aromatic carbocycles. The molecule has 0 bridgehead atoms. The molecule has 4 nitrogen and oxygen atoms in total. The maximum absolute atomic E-state index is 13.2. The second-order valence-electron chi connectivity index (χ2n) is 3.48. The van der Waals surface area contributed by atoms with Gasteiger partial charge in [-0.1, -0.05) is 23.2 Å². The first-order valence-electron chi connectivity index (χ1n) is 4.75. The first kappa shape index (κ1) is 12.1. The van der Waals surface area contributed by atoms with Crippen LogP contribution in [0.5, 0.6) is 0 Å². The molecule has 1 fully saturated rings. The molecule has 1 aromatic rings. The normalized spacial score (nSPS) is 16.1. The Morgan fingerprint density at radius 1 is 1.24 bits per heavy atom. The number of carbonyl (C=O) groups is 2. The Bertz CT molecular complexity index is 484. The predicted octanol–water partition coefficient (Wildman–Crippen LogP) is 2.58. The number of hydrogen-bond acceptors (Lipinski definition) is 2. The summed E-state index contributed by atoms with van der Waals surface area (Å²) in [5.74, 6) is -1.07. The Morgan fingerprint density at radius 2 is 1.82 bits per heavy atom. The molecule has 17 heavy (non-hydrogen) atoms. The van der Waals surface area contributed by atoms with Crippen LogP contribution in [0.15, 0.2) is 12.1 Å². The van der Waals surface area contributed by atoms with Gasteiger partial charge in [0.25, 0.3) is 0 Å². The number of carbonyl (C=O) groups excluding carboxylic acids is 2. The van der Waals surface area contributed by atoms with E-state index in [4.69, 9.17) is 23.2 Å². The number of rotatable bonds is 1. The summed E-state index contributed by atoms with van der Waals surface area (Å²) in [6, 6.07) is 2.01. The summed E-state index contributed by atoms with van der Waals surface area (Å²) in [5.41, 5.74) is 0.353. The molecule has 0 spiro atoms. The van der Waals surface area contributed by atoms with E-state index in [1.165, 1.54) is 17.0 Å². The van der Waals surface area contributed by atoms with Gasteiger partial charge in [0.05, 0.1) is 10.0 Å². The van der Waals surface area contributed by atoms with Gasteiger partial charge in [-0.3, -0.25) is 15.0 Å². The molecule has 1 heterocycles. The first-order valence-corrected chi connectivity index (χ1v) is 5.50. The van der Waals surface area contributed by atoms with Crippen molar-refractivity contribution in [2.75, 3.05) is 11.4 Å². The van der Waals surface area contributed by atoms with Crippen LogP contribution in [0.4, 0.5) is 14.9 Å². The summed E-state index contributed by atoms with van der Waals surface area (Å²) >= 11 is 11.3. The molecule has 1 aliphatic heterocycles. The minimum Gasteiger partial charge on any atom is -0.294 e. The maximum atomic E-state index is 13.2. The fourth-order valence-corrected chi connectivity index (χ4v) is 1.98. The van der Waals surface area contributed by atoms with E-state index in [1.807, 2.05) is 0 Å². The molecule has 2 rings (SSSR count). The van der Waals surface area contributed by atoms with Crippen molar-refractivity contribution in [1.29, 1.82) is 0 Å². The summed E-state index contributed by atoms with van der Waals surface area (Å²) in [5, 5.41) is 1.81. The lowest BCUT2D eigenvalue weighted by Gasteiger charge is -2.26. The van der Waals surface area contributed by atoms with E-state index in [9.17, 15) is 14.0 Å². The molecule has 90 valence electrons. The van der Waals surface area contributed by atoms with Gasteiger partial charge in [-0.15, -0.1) is 0 Å². The third-order valence-corrected chi connectivity index (χ3v) is 2.88. The van der Waals surface area contributed by atoms with Crippen LogP contribution < -0.4 is 10.2 Å². The molecule has 0 aromatic heterocycles. The SMILES string of the molecule is O=C1CCN(c2cc(Cl)c(F)c(Cl)c2)C(=O)N1. The average Bonchev–Trinajstić information content (AvgIpc) is 2.25. The van der Waals surface area contributed by atoms with Crippen molar-refractivity contribution in [2.24, 2.45) is 0 Å². The van der Waals surface area contributed by atoms with Crippen molar-refractivity contribution in [3.05, 3.63) is 28.0 Å². The van der Waals surface area contributed by atoms with E-state index >= 15 is 0 Å². The van der Waals surface area contributed by atoms with Crippen molar-refractivity contribution >= 4 is 40.8 Å². The van der Waals surface area contributed by atoms with Gasteiger partial charge in [0, 0.05) is 18.7 Å². The number of nitrogens with one attached hydrogen (secondary N) is 1. The zero-order valence-electron chi connectivity index (χ0n) is 8.47. The van der Waals surface area contributed by atoms with Crippen molar-refractivity contribution in [3.63, 3.8) is 0 Å². The van der Waals surface area contributed by atoms with Gasteiger partial charge in [-0.2, -0.15) is 0 Å². The Balaban J connectivity index is 2.34. The standard InChI is InChI=1S/C10H7Cl2FN2O2/c11-6-3-5(4-7(12)9(6)13)15-2-1-8(16)14-10(15)17/h3-4H,1-2H2,(H,14,16,17). The van der Waals surface area contributed by atoms with Crippen molar-refractivity contribution in [1.82, 2.24) is 5.32 Å². The summed E-state index contributed by atoms with van der Waals surface area (Å²) in [7, 11) is 0. The lowest BCUT2D eigenvalue weighted by atomic mass is 10.2. The molecule has 3 amide bonds. The third-order valence-electron chi connectivity index (χ3n) is 2.33. The largest absolute Gasteiger partial charge is 0.328 e. The molecule has 0 atom stereocenters. The Morgan fingerprint density at radius 3 is 2.35 bits per heavy atom. The van der Waals surface area contributed by atoms with E-state index in [-0.39, 0.29) is 28.9 Å². The number of amides is 3. The number of hydrogen-bond donors (Lipinski definition) is 1. The molecule has 7 heteroatoms. The second-order valence-corrected chi connectivity index (χ2v) is 4.29. The lowest BCUT2D eigenvalue weighted by Crippen LogP contribution is -2.49. The molecule has 0 radical (unpaired) electrons. The summed E-state index contributed by atoms with van der Waals surface area (Å²) < 4.78 is 13.2. The zero-order chi connectivity index (χ0) is 12.6. The quantitative estimate of drug-likeness (QED) is 0.802. The maximum Gasteiger partial charge on any atom is 0.328 e. The van der Waals surface area contributed by atoms with Crippen LogP contribution in [0.2, 0.25) is 10.0 Å². The third kappa shape index (κ3) is 2.35. The number of halogens is 3. The van der Waals surface area contributed by atoms with Crippen LogP contribution in [0.25, 0.3) is 0 Å². The number of imide groups is 1. The van der Waals surface area contributed by atoms with E-state index in [0.717, 1.165) is 0 Å². The van der Waals surface area contributed by atoms with Crippen LogP contribution in [0.3, 0.4) is 0 Å². The van der Waals surface area contributed by atoms with Crippen molar-refractivity contribution < 1.29 is 14.0 Å². The van der Waals surface area contributed by atoms with Gasteiger partial charge in [-0.25, -0.2) is 9.18 Å². The van der Waals surface area contributed by atoms with Gasteiger partial charge in [0.15, 0.2) is 5.82 Å². The minimum absolute atomic E-state index is 0.169. The molecule has 0 saturated carbocycles. The smallest absolute Gasteiger partial charge is 0.294 e. The van der Waals surface area contributed by atoms with Crippen molar-refractivity contribution in [2.45, 2.75) is 6.42 Å². The predicted molar refractivity (Wildman–Crippen MR) is 61.9 cm³/mol. The highest BCUT2D eigenvalue weighted by molar-refractivity contribution is 6.35. The zero-order valence-corrected chi connectivity index (χ0v) is 9.98. The fraction of sp³-hybridized carbons (Fsp3) is 0.200. The van der Waals surface area contributed by atoms with Crippen LogP contribution in [0.1, 0.15) is 6.42 Å². The van der Waals surface area contributed by atoms with Crippen LogP contribution in [-0.2, 0) is 4.79 Å². The highest BCUT2D eigenvalue weighted by Crippen LogP contribution is 2.30. The molecule has 0 aliphatic carbocycles. The van der Waals surface area contributed by atoms with Crippen molar-refractivity contribution in [3.8, 4) is 0 Å². The lowest BCUT2D eigenvalue weighted by molar-refractivity contribution is -0.120. The fourth-order valence-electron chi connectivity index (χ4n) is 1.51. The van der Waals surface area contributed by atoms with E-state index in [2.05, 4.69) is 5.32 Å². The van der Waals surface area contributed by atoms with Crippen LogP contribution >= 0.6 is 23.2 Å². The topological polar surface area (TPSA) is 49.4 Å². The van der Waals surface area contributed by atoms with E-state index in [1.54, 1.807) is 0 Å². The number of urea groups is 1. The van der Waals surface area contributed by atoms with Crippen LogP contribution in [-0.4, -0.2) is 18.5 Å². The molecular weight excluding hydrogens is 270 g/mol. The molecule has 1 aliphatic rings. The van der Waals surface area contributed by atoms with Gasteiger partial charge in [0.1, 0.15) is 0 Å². The first-order chi connectivity index (χ1) is 7.99. The second kappa shape index (κ2) is 4.50. The summed E-state index contributed by atoms with van der Waals surface area (Å²) in [4.78, 5) is 23.8. The Kier molecular flexibility index (Phi) is 3.22. The monoisotopic (exact) mass is 276 g/mol. The molecular formula is C10H7Cl2FN2O2. The Labute approximate surface area is 106 Å². The molecule has 1 saturated heterocycles. The molecule has 0 unspecified atom stereocenters. The van der Waals surface area contributed by atoms with Gasteiger partial charge in [0.2, 0.25) is 5.91 Å². The highest BCUT2D eigenvalue weighted by atomic mass is 35.5. The number of anilines is 1. The average molecular weight is 277 g/mol. The Hall–Kier alpha value is -1.33. The molecule has 1 N–H and O–H groups in total.